The maximum Gasteiger partial charge on any atom is 0.383 e. The molecule has 0 saturated carbocycles. The Kier molecular flexibility index (Phi) is 5.06. The Balaban J connectivity index is 2.79. The van der Waals surface area contributed by atoms with Crippen LogP contribution in [0.15, 0.2) is 30.3 Å². The number of rotatable bonds is 6. The number of benzene rings is 1. The third-order valence-electron chi connectivity index (χ3n) is 2.46. The van der Waals surface area contributed by atoms with E-state index < -0.39 is 30.3 Å². The summed E-state index contributed by atoms with van der Waals surface area (Å²) in [5.74, 6) is -8.83. The van der Waals surface area contributed by atoms with Crippen molar-refractivity contribution in [2.75, 3.05) is 0 Å². The fourth-order valence-corrected chi connectivity index (χ4v) is 1.40. The van der Waals surface area contributed by atoms with Crippen LogP contribution in [0.5, 0.6) is 0 Å². The zero-order valence-electron chi connectivity index (χ0n) is 10.0. The zero-order chi connectivity index (χ0) is 15.3. The smallest absolute Gasteiger partial charge is 0.383 e. The summed E-state index contributed by atoms with van der Waals surface area (Å²) in [5, 5.41) is 10.3. The summed E-state index contributed by atoms with van der Waals surface area (Å²) in [4.78, 5) is 21.9. The van der Waals surface area contributed by atoms with E-state index in [1.165, 1.54) is 17.4 Å². The molecule has 0 radical (unpaired) electrons. The number of aliphatic carboxylic acids is 1. The van der Waals surface area contributed by atoms with Crippen molar-refractivity contribution in [1.82, 2.24) is 5.32 Å². The predicted octanol–water partition coefficient (Wildman–Crippen LogP) is 1.70. The third kappa shape index (κ3) is 3.94. The maximum absolute atomic E-state index is 12.7. The van der Waals surface area contributed by atoms with Gasteiger partial charge in [0.15, 0.2) is 0 Å². The van der Waals surface area contributed by atoms with Gasteiger partial charge < -0.3 is 10.4 Å². The van der Waals surface area contributed by atoms with Gasteiger partial charge in [-0.25, -0.2) is 13.6 Å². The average Bonchev–Trinajstić information content (AvgIpc) is 2.38. The number of carboxylic acid groups (broad SMARTS) is 1. The summed E-state index contributed by atoms with van der Waals surface area (Å²) < 4.78 is 49.5. The molecule has 20 heavy (non-hydrogen) atoms. The van der Waals surface area contributed by atoms with Crippen molar-refractivity contribution in [2.24, 2.45) is 0 Å². The highest BCUT2D eigenvalue weighted by Crippen LogP contribution is 2.23. The summed E-state index contributed by atoms with van der Waals surface area (Å²) in [6.45, 7) is 0. The molecule has 0 bridgehead atoms. The van der Waals surface area contributed by atoms with Crippen LogP contribution in [0.3, 0.4) is 0 Å². The molecule has 1 aromatic carbocycles. The Bertz CT molecular complexity index is 479. The Labute approximate surface area is 111 Å². The lowest BCUT2D eigenvalue weighted by atomic mass is 10.1. The molecule has 4 nitrogen and oxygen atoms in total. The van der Waals surface area contributed by atoms with Crippen LogP contribution in [0.25, 0.3) is 0 Å². The van der Waals surface area contributed by atoms with Gasteiger partial charge in [-0.2, -0.15) is 8.78 Å². The SMILES string of the molecule is O=C(O)[C@H](Cc1ccccc1)NC(=O)C(F)(F)C(F)F. The lowest BCUT2D eigenvalue weighted by Crippen LogP contribution is -2.52. The van der Waals surface area contributed by atoms with Crippen molar-refractivity contribution in [3.63, 3.8) is 0 Å². The number of carbonyl (C=O) groups is 2. The molecule has 0 fully saturated rings. The number of alkyl halides is 4. The molecule has 1 rings (SSSR count). The highest BCUT2D eigenvalue weighted by molar-refractivity contribution is 5.88. The van der Waals surface area contributed by atoms with Crippen LogP contribution in [0.4, 0.5) is 17.6 Å². The molecular weight excluding hydrogens is 282 g/mol. The summed E-state index contributed by atoms with van der Waals surface area (Å²) >= 11 is 0. The highest BCUT2D eigenvalue weighted by Gasteiger charge is 2.49. The second kappa shape index (κ2) is 6.36. The third-order valence-corrected chi connectivity index (χ3v) is 2.46. The monoisotopic (exact) mass is 293 g/mol. The van der Waals surface area contributed by atoms with Crippen molar-refractivity contribution in [3.8, 4) is 0 Å². The molecule has 0 saturated heterocycles. The van der Waals surface area contributed by atoms with Gasteiger partial charge in [0, 0.05) is 6.42 Å². The first-order valence-electron chi connectivity index (χ1n) is 5.48. The molecule has 0 aromatic heterocycles. The number of halogens is 4. The van der Waals surface area contributed by atoms with Crippen LogP contribution < -0.4 is 5.32 Å². The van der Waals surface area contributed by atoms with Crippen LogP contribution in [-0.2, 0) is 16.0 Å². The first-order chi connectivity index (χ1) is 9.25. The first kappa shape index (κ1) is 15.9. The van der Waals surface area contributed by atoms with Gasteiger partial charge in [0.1, 0.15) is 6.04 Å². The van der Waals surface area contributed by atoms with Gasteiger partial charge in [-0.1, -0.05) is 30.3 Å². The van der Waals surface area contributed by atoms with E-state index in [1.54, 1.807) is 18.2 Å². The number of carboxylic acids is 1. The summed E-state index contributed by atoms with van der Waals surface area (Å²) in [5.41, 5.74) is 0.459. The van der Waals surface area contributed by atoms with E-state index in [2.05, 4.69) is 0 Å². The predicted molar refractivity (Wildman–Crippen MR) is 60.7 cm³/mol. The second-order valence-corrected chi connectivity index (χ2v) is 3.98. The Hall–Kier alpha value is -2.12. The van der Waals surface area contributed by atoms with Gasteiger partial charge in [-0.05, 0) is 5.56 Å². The van der Waals surface area contributed by atoms with E-state index >= 15 is 0 Å². The topological polar surface area (TPSA) is 66.4 Å². The van der Waals surface area contributed by atoms with Gasteiger partial charge in [0.05, 0.1) is 0 Å². The van der Waals surface area contributed by atoms with Crippen LogP contribution in [0.1, 0.15) is 5.56 Å². The highest BCUT2D eigenvalue weighted by atomic mass is 19.3. The van der Waals surface area contributed by atoms with Crippen LogP contribution in [0.2, 0.25) is 0 Å². The van der Waals surface area contributed by atoms with Gasteiger partial charge in [-0.15, -0.1) is 0 Å². The molecule has 1 atom stereocenters. The van der Waals surface area contributed by atoms with Crippen LogP contribution in [-0.4, -0.2) is 35.4 Å². The largest absolute Gasteiger partial charge is 0.480 e. The summed E-state index contributed by atoms with van der Waals surface area (Å²) in [6, 6.07) is 6.16. The van der Waals surface area contributed by atoms with Crippen molar-refractivity contribution >= 4 is 11.9 Å². The molecule has 110 valence electrons. The van der Waals surface area contributed by atoms with E-state index in [0.717, 1.165) is 0 Å². The lowest BCUT2D eigenvalue weighted by molar-refractivity contribution is -0.171. The van der Waals surface area contributed by atoms with Gasteiger partial charge >= 0.3 is 18.3 Å². The molecule has 0 unspecified atom stereocenters. The van der Waals surface area contributed by atoms with E-state index in [4.69, 9.17) is 5.11 Å². The summed E-state index contributed by atoms with van der Waals surface area (Å²) in [6.07, 6.45) is -4.49. The Morgan fingerprint density at radius 2 is 1.75 bits per heavy atom. The minimum atomic E-state index is -4.93. The fourth-order valence-electron chi connectivity index (χ4n) is 1.40. The van der Waals surface area contributed by atoms with Crippen molar-refractivity contribution in [3.05, 3.63) is 35.9 Å². The van der Waals surface area contributed by atoms with E-state index in [1.807, 2.05) is 0 Å². The molecule has 1 aromatic rings. The number of carbonyl (C=O) groups excluding carboxylic acids is 1. The van der Waals surface area contributed by atoms with Crippen molar-refractivity contribution in [2.45, 2.75) is 24.8 Å². The second-order valence-electron chi connectivity index (χ2n) is 3.98. The van der Waals surface area contributed by atoms with E-state index in [-0.39, 0.29) is 6.42 Å². The maximum atomic E-state index is 12.7. The first-order valence-corrected chi connectivity index (χ1v) is 5.48. The molecule has 2 N–H and O–H groups in total. The minimum absolute atomic E-state index is 0.290. The van der Waals surface area contributed by atoms with Crippen LogP contribution >= 0.6 is 0 Å². The number of hydrogen-bond donors (Lipinski definition) is 2. The van der Waals surface area contributed by atoms with E-state index in [0.29, 0.717) is 5.56 Å². The van der Waals surface area contributed by atoms with E-state index in [9.17, 15) is 27.2 Å². The lowest BCUT2D eigenvalue weighted by Gasteiger charge is -2.19. The quantitative estimate of drug-likeness (QED) is 0.785. The average molecular weight is 293 g/mol. The molecule has 0 aliphatic carbocycles. The molecule has 0 aliphatic heterocycles. The number of hydrogen-bond acceptors (Lipinski definition) is 2. The molecule has 0 aliphatic rings. The standard InChI is InChI=1S/C12H11F4NO3/c13-10(14)12(15,16)11(20)17-8(9(18)19)6-7-4-2-1-3-5-7/h1-5,8,10H,6H2,(H,17,20)(H,18,19)/t8-/m0/s1. The van der Waals surface area contributed by atoms with Crippen molar-refractivity contribution in [1.29, 1.82) is 0 Å². The minimum Gasteiger partial charge on any atom is -0.480 e. The van der Waals surface area contributed by atoms with Gasteiger partial charge in [0.25, 0.3) is 5.91 Å². The fraction of sp³-hybridized carbons (Fsp3) is 0.333. The molecular formula is C12H11F4NO3. The molecule has 8 heteroatoms. The number of nitrogens with one attached hydrogen (secondary N) is 1. The molecule has 1 amide bonds. The van der Waals surface area contributed by atoms with Gasteiger partial charge in [-0.3, -0.25) is 4.79 Å². The Morgan fingerprint density at radius 3 is 2.20 bits per heavy atom. The van der Waals surface area contributed by atoms with Crippen LogP contribution in [0, 0.1) is 0 Å². The normalized spacial score (nSPS) is 13.1. The van der Waals surface area contributed by atoms with Crippen molar-refractivity contribution < 1.29 is 32.3 Å². The summed E-state index contributed by atoms with van der Waals surface area (Å²) in [7, 11) is 0. The molecule has 0 spiro atoms. The number of amides is 1. The zero-order valence-corrected chi connectivity index (χ0v) is 10.0. The van der Waals surface area contributed by atoms with Gasteiger partial charge in [0.2, 0.25) is 0 Å². The Morgan fingerprint density at radius 1 is 1.20 bits per heavy atom. The molecule has 0 heterocycles.